The van der Waals surface area contributed by atoms with Gasteiger partial charge < -0.3 is 10.4 Å². The number of rotatable bonds is 2. The first-order chi connectivity index (χ1) is 11.3. The Morgan fingerprint density at radius 2 is 1.79 bits per heavy atom. The topological polar surface area (TPSA) is 86.7 Å². The Labute approximate surface area is 140 Å². The number of anilines is 1. The van der Waals surface area contributed by atoms with E-state index in [4.69, 9.17) is 0 Å². The van der Waals surface area contributed by atoms with Gasteiger partial charge in [-0.1, -0.05) is 24.3 Å². The van der Waals surface area contributed by atoms with E-state index in [0.717, 1.165) is 9.87 Å². The lowest BCUT2D eigenvalue weighted by Gasteiger charge is -2.28. The van der Waals surface area contributed by atoms with Gasteiger partial charge in [-0.2, -0.15) is 0 Å². The Bertz CT molecular complexity index is 950. The molecule has 24 heavy (non-hydrogen) atoms. The van der Waals surface area contributed by atoms with Crippen molar-refractivity contribution >= 4 is 27.4 Å². The molecule has 0 spiro atoms. The molecular weight excluding hydrogens is 328 g/mol. The number of aliphatic hydroxyl groups excluding tert-OH is 1. The Morgan fingerprint density at radius 1 is 1.12 bits per heavy atom. The summed E-state index contributed by atoms with van der Waals surface area (Å²) in [5, 5.41) is 13.1. The molecule has 3 rings (SSSR count). The fourth-order valence-corrected chi connectivity index (χ4v) is 4.03. The van der Waals surface area contributed by atoms with Gasteiger partial charge in [-0.15, -0.1) is 0 Å². The van der Waals surface area contributed by atoms with Gasteiger partial charge in [-0.25, -0.2) is 8.42 Å². The molecule has 1 aliphatic heterocycles. The first kappa shape index (κ1) is 16.1. The molecule has 1 aliphatic rings. The molecule has 1 amide bonds. The van der Waals surface area contributed by atoms with Crippen LogP contribution in [0.15, 0.2) is 59.1 Å². The summed E-state index contributed by atoms with van der Waals surface area (Å²) < 4.78 is 26.1. The Kier molecular flexibility index (Phi) is 3.81. The summed E-state index contributed by atoms with van der Waals surface area (Å²) in [6, 6.07) is 13.3. The van der Waals surface area contributed by atoms with E-state index in [2.05, 4.69) is 5.32 Å². The standard InChI is InChI=1S/C17H16N2O4S/c1-11-8-9-13-14(10-11)24(22,23)19(2)15(16(13)20)17(21)18-12-6-4-3-5-7-12/h3-10,20H,1-2H3,(H,18,21). The van der Waals surface area contributed by atoms with E-state index >= 15 is 0 Å². The molecule has 0 unspecified atom stereocenters. The Balaban J connectivity index is 2.11. The van der Waals surface area contributed by atoms with Crippen LogP contribution in [0.1, 0.15) is 11.1 Å². The van der Waals surface area contributed by atoms with Gasteiger partial charge in [0.05, 0.1) is 4.90 Å². The van der Waals surface area contributed by atoms with Crippen molar-refractivity contribution in [3.63, 3.8) is 0 Å². The number of carbonyl (C=O) groups excluding carboxylic acids is 1. The number of aliphatic hydroxyl groups is 1. The summed E-state index contributed by atoms with van der Waals surface area (Å²) in [4.78, 5) is 12.5. The van der Waals surface area contributed by atoms with Gasteiger partial charge in [-0.05, 0) is 36.8 Å². The average Bonchev–Trinajstić information content (AvgIpc) is 2.54. The van der Waals surface area contributed by atoms with Crippen molar-refractivity contribution in [3.05, 3.63) is 65.4 Å². The van der Waals surface area contributed by atoms with Crippen LogP contribution in [0.2, 0.25) is 0 Å². The summed E-state index contributed by atoms with van der Waals surface area (Å²) in [7, 11) is -2.66. The number of nitrogens with one attached hydrogen (secondary N) is 1. The highest BCUT2D eigenvalue weighted by atomic mass is 32.2. The summed E-state index contributed by atoms with van der Waals surface area (Å²) in [5.41, 5.74) is 1.06. The molecule has 0 atom stereocenters. The average molecular weight is 344 g/mol. The highest BCUT2D eigenvalue weighted by Gasteiger charge is 2.37. The zero-order valence-corrected chi connectivity index (χ0v) is 14.0. The normalized spacial score (nSPS) is 15.8. The second-order valence-corrected chi connectivity index (χ2v) is 7.43. The van der Waals surface area contributed by atoms with Crippen LogP contribution in [-0.2, 0) is 14.8 Å². The first-order valence-electron chi connectivity index (χ1n) is 7.22. The van der Waals surface area contributed by atoms with Crippen LogP contribution in [0.25, 0.3) is 5.76 Å². The third kappa shape index (κ3) is 2.52. The highest BCUT2D eigenvalue weighted by Crippen LogP contribution is 2.35. The first-order valence-corrected chi connectivity index (χ1v) is 8.66. The van der Waals surface area contributed by atoms with Gasteiger partial charge in [-0.3, -0.25) is 9.10 Å². The van der Waals surface area contributed by atoms with Crippen LogP contribution < -0.4 is 5.32 Å². The lowest BCUT2D eigenvalue weighted by molar-refractivity contribution is -0.113. The quantitative estimate of drug-likeness (QED) is 0.876. The fourth-order valence-electron chi connectivity index (χ4n) is 2.55. The van der Waals surface area contributed by atoms with Gasteiger partial charge in [0.2, 0.25) is 0 Å². The van der Waals surface area contributed by atoms with Gasteiger partial charge in [0, 0.05) is 18.3 Å². The predicted octanol–water partition coefficient (Wildman–Crippen LogP) is 2.49. The third-order valence-corrected chi connectivity index (χ3v) is 5.61. The van der Waals surface area contributed by atoms with E-state index in [1.54, 1.807) is 43.3 Å². The molecule has 0 radical (unpaired) electrons. The molecule has 2 aromatic carbocycles. The summed E-state index contributed by atoms with van der Waals surface area (Å²) in [5.74, 6) is -1.06. The molecule has 0 saturated heterocycles. The molecular formula is C17H16N2O4S. The second-order valence-electron chi connectivity index (χ2n) is 5.49. The minimum absolute atomic E-state index is 0.0150. The number of para-hydroxylation sites is 1. The summed E-state index contributed by atoms with van der Waals surface area (Å²) in [6.45, 7) is 1.76. The second kappa shape index (κ2) is 5.68. The van der Waals surface area contributed by atoms with Crippen molar-refractivity contribution in [2.24, 2.45) is 0 Å². The minimum atomic E-state index is -3.91. The number of carbonyl (C=O) groups is 1. The number of sulfonamides is 1. The molecule has 0 aliphatic carbocycles. The van der Waals surface area contributed by atoms with E-state index in [1.807, 2.05) is 0 Å². The molecule has 0 bridgehead atoms. The van der Waals surface area contributed by atoms with Crippen molar-refractivity contribution in [2.45, 2.75) is 11.8 Å². The summed E-state index contributed by atoms with van der Waals surface area (Å²) in [6.07, 6.45) is 0. The molecule has 7 heteroatoms. The van der Waals surface area contributed by atoms with E-state index in [1.165, 1.54) is 19.2 Å². The van der Waals surface area contributed by atoms with Crippen LogP contribution in [-0.4, -0.2) is 30.8 Å². The zero-order chi connectivity index (χ0) is 17.5. The van der Waals surface area contributed by atoms with Crippen LogP contribution >= 0.6 is 0 Å². The molecule has 124 valence electrons. The number of aryl methyl sites for hydroxylation is 1. The fraction of sp³-hybridized carbons (Fsp3) is 0.118. The van der Waals surface area contributed by atoms with Crippen LogP contribution in [0.3, 0.4) is 0 Å². The van der Waals surface area contributed by atoms with E-state index in [0.29, 0.717) is 5.69 Å². The number of nitrogens with zero attached hydrogens (tertiary/aromatic N) is 1. The molecule has 0 saturated carbocycles. The number of amides is 1. The monoisotopic (exact) mass is 344 g/mol. The van der Waals surface area contributed by atoms with E-state index in [-0.39, 0.29) is 21.9 Å². The molecule has 1 heterocycles. The smallest absolute Gasteiger partial charge is 0.276 e. The summed E-state index contributed by atoms with van der Waals surface area (Å²) >= 11 is 0. The maximum atomic E-state index is 12.7. The number of fused-ring (bicyclic) bond motifs is 1. The highest BCUT2D eigenvalue weighted by molar-refractivity contribution is 7.89. The van der Waals surface area contributed by atoms with Gasteiger partial charge in [0.1, 0.15) is 0 Å². The third-order valence-electron chi connectivity index (χ3n) is 3.82. The van der Waals surface area contributed by atoms with Crippen molar-refractivity contribution in [2.75, 3.05) is 12.4 Å². The Hall–Kier alpha value is -2.80. The van der Waals surface area contributed by atoms with E-state index in [9.17, 15) is 18.3 Å². The zero-order valence-electron chi connectivity index (χ0n) is 13.1. The molecule has 0 aromatic heterocycles. The van der Waals surface area contributed by atoms with Gasteiger partial charge in [0.25, 0.3) is 15.9 Å². The maximum Gasteiger partial charge on any atom is 0.276 e. The molecule has 2 aromatic rings. The van der Waals surface area contributed by atoms with E-state index < -0.39 is 15.9 Å². The number of hydrogen-bond acceptors (Lipinski definition) is 4. The van der Waals surface area contributed by atoms with Crippen LogP contribution in [0, 0.1) is 6.92 Å². The molecule has 0 fully saturated rings. The number of benzene rings is 2. The Morgan fingerprint density at radius 3 is 2.46 bits per heavy atom. The number of likely N-dealkylation sites (N-methyl/N-ethyl adjacent to an activating group) is 1. The molecule has 2 N–H and O–H groups in total. The lowest BCUT2D eigenvalue weighted by atomic mass is 10.1. The number of hydrogen-bond donors (Lipinski definition) is 2. The SMILES string of the molecule is Cc1ccc2c(c1)S(=O)(=O)N(C)C(C(=O)Nc1ccccc1)=C2O. The lowest BCUT2D eigenvalue weighted by Crippen LogP contribution is -2.37. The van der Waals surface area contributed by atoms with Crippen molar-refractivity contribution in [3.8, 4) is 0 Å². The minimum Gasteiger partial charge on any atom is -0.505 e. The largest absolute Gasteiger partial charge is 0.505 e. The van der Waals surface area contributed by atoms with Crippen molar-refractivity contribution in [1.29, 1.82) is 0 Å². The molecule has 6 nitrogen and oxygen atoms in total. The predicted molar refractivity (Wildman–Crippen MR) is 90.7 cm³/mol. The van der Waals surface area contributed by atoms with Crippen molar-refractivity contribution < 1.29 is 18.3 Å². The van der Waals surface area contributed by atoms with Crippen LogP contribution in [0.5, 0.6) is 0 Å². The van der Waals surface area contributed by atoms with Crippen molar-refractivity contribution in [1.82, 2.24) is 4.31 Å². The maximum absolute atomic E-state index is 12.7. The van der Waals surface area contributed by atoms with Gasteiger partial charge in [0.15, 0.2) is 11.5 Å². The van der Waals surface area contributed by atoms with Gasteiger partial charge >= 0.3 is 0 Å². The van der Waals surface area contributed by atoms with Crippen LogP contribution in [0.4, 0.5) is 5.69 Å².